The summed E-state index contributed by atoms with van der Waals surface area (Å²) in [4.78, 5) is 19.0. The molecule has 1 amide bonds. The predicted octanol–water partition coefficient (Wildman–Crippen LogP) is 4.40. The van der Waals surface area contributed by atoms with Crippen molar-refractivity contribution in [2.75, 3.05) is 31.9 Å². The molecule has 1 atom stereocenters. The maximum Gasteiger partial charge on any atom is 0.251 e. The van der Waals surface area contributed by atoms with E-state index in [1.165, 1.54) is 0 Å². The van der Waals surface area contributed by atoms with Gasteiger partial charge < -0.3 is 25.8 Å². The fourth-order valence-corrected chi connectivity index (χ4v) is 4.51. The SMILES string of the molecule is Nc1ncc(-c2ccc(C(=O)NCC(O)CN3CCCC3)cc2)cc1OCc1c(Cl)cccc1Cl. The number of nitrogens with one attached hydrogen (secondary N) is 1. The molecule has 1 saturated heterocycles. The quantitative estimate of drug-likeness (QED) is 0.391. The van der Waals surface area contributed by atoms with Gasteiger partial charge in [0.15, 0.2) is 11.6 Å². The van der Waals surface area contributed by atoms with Crippen LogP contribution in [0.3, 0.4) is 0 Å². The lowest BCUT2D eigenvalue weighted by Crippen LogP contribution is -2.39. The maximum atomic E-state index is 12.5. The van der Waals surface area contributed by atoms with Gasteiger partial charge in [-0.3, -0.25) is 4.79 Å². The molecule has 1 aromatic heterocycles. The Morgan fingerprint density at radius 2 is 1.80 bits per heavy atom. The van der Waals surface area contributed by atoms with Crippen LogP contribution in [0.2, 0.25) is 10.0 Å². The monoisotopic (exact) mass is 514 g/mol. The van der Waals surface area contributed by atoms with Crippen LogP contribution in [0.25, 0.3) is 11.1 Å². The van der Waals surface area contributed by atoms with E-state index in [2.05, 4.69) is 15.2 Å². The van der Waals surface area contributed by atoms with E-state index in [-0.39, 0.29) is 24.9 Å². The number of pyridine rings is 1. The highest BCUT2D eigenvalue weighted by Crippen LogP contribution is 2.30. The molecule has 4 N–H and O–H groups in total. The number of aliphatic hydroxyl groups excluding tert-OH is 1. The number of hydrogen-bond acceptors (Lipinski definition) is 6. The number of hydrogen-bond donors (Lipinski definition) is 3. The van der Waals surface area contributed by atoms with Crippen molar-refractivity contribution in [3.63, 3.8) is 0 Å². The topological polar surface area (TPSA) is 101 Å². The van der Waals surface area contributed by atoms with Crippen molar-refractivity contribution in [2.45, 2.75) is 25.6 Å². The van der Waals surface area contributed by atoms with Gasteiger partial charge in [0.2, 0.25) is 0 Å². The van der Waals surface area contributed by atoms with Gasteiger partial charge in [0.05, 0.1) is 6.10 Å². The first kappa shape index (κ1) is 25.3. The third-order valence-electron chi connectivity index (χ3n) is 5.96. The Kier molecular flexibility index (Phi) is 8.46. The predicted molar refractivity (Wildman–Crippen MR) is 139 cm³/mol. The highest BCUT2D eigenvalue weighted by atomic mass is 35.5. The molecule has 7 nitrogen and oxygen atoms in total. The van der Waals surface area contributed by atoms with E-state index in [9.17, 15) is 9.90 Å². The second kappa shape index (κ2) is 11.7. The van der Waals surface area contributed by atoms with E-state index in [0.29, 0.717) is 33.5 Å². The van der Waals surface area contributed by atoms with Crippen LogP contribution < -0.4 is 15.8 Å². The summed E-state index contributed by atoms with van der Waals surface area (Å²) in [7, 11) is 0. The average Bonchev–Trinajstić information content (AvgIpc) is 3.36. The van der Waals surface area contributed by atoms with Crippen molar-refractivity contribution in [3.8, 4) is 16.9 Å². The molecule has 184 valence electrons. The Bertz CT molecular complexity index is 1150. The molecule has 2 heterocycles. The Labute approximate surface area is 214 Å². The van der Waals surface area contributed by atoms with Gasteiger partial charge in [-0.05, 0) is 61.8 Å². The molecule has 0 bridgehead atoms. The summed E-state index contributed by atoms with van der Waals surface area (Å²) in [5.41, 5.74) is 8.82. The second-order valence-electron chi connectivity index (χ2n) is 8.55. The standard InChI is InChI=1S/C26H28Cl2N4O3/c27-22-4-3-5-23(28)21(22)16-35-24-12-19(13-30-25(24)29)17-6-8-18(9-7-17)26(34)31-14-20(33)15-32-10-1-2-11-32/h3-9,12-13,20,33H,1-2,10-11,14-16H2,(H2,29,30)(H,31,34). The summed E-state index contributed by atoms with van der Waals surface area (Å²) in [5, 5.41) is 14.0. The van der Waals surface area contributed by atoms with Crippen LogP contribution in [0, 0.1) is 0 Å². The van der Waals surface area contributed by atoms with E-state index in [4.69, 9.17) is 33.7 Å². The molecular weight excluding hydrogens is 487 g/mol. The number of aliphatic hydroxyl groups is 1. The van der Waals surface area contributed by atoms with Crippen LogP contribution in [0.1, 0.15) is 28.8 Å². The van der Waals surface area contributed by atoms with Crippen molar-refractivity contribution in [2.24, 2.45) is 0 Å². The molecule has 4 rings (SSSR count). The van der Waals surface area contributed by atoms with Gasteiger partial charge in [0, 0.05) is 46.0 Å². The average molecular weight is 515 g/mol. The van der Waals surface area contributed by atoms with Crippen LogP contribution in [-0.4, -0.2) is 53.2 Å². The molecule has 1 fully saturated rings. The van der Waals surface area contributed by atoms with Crippen molar-refractivity contribution in [1.82, 2.24) is 15.2 Å². The van der Waals surface area contributed by atoms with Crippen LogP contribution >= 0.6 is 23.2 Å². The van der Waals surface area contributed by atoms with E-state index in [1.807, 2.05) is 12.1 Å². The number of nitrogens with two attached hydrogens (primary N) is 1. The number of rotatable bonds is 9. The Balaban J connectivity index is 1.37. The number of anilines is 1. The highest BCUT2D eigenvalue weighted by molar-refractivity contribution is 6.35. The minimum Gasteiger partial charge on any atom is -0.485 e. The number of β-amino-alcohol motifs (C(OH)–C–C–N with tert-alkyl or cyclic N) is 1. The third-order valence-corrected chi connectivity index (χ3v) is 6.67. The summed E-state index contributed by atoms with van der Waals surface area (Å²) in [6, 6.07) is 14.2. The lowest BCUT2D eigenvalue weighted by molar-refractivity contribution is 0.0879. The number of likely N-dealkylation sites (tertiary alicyclic amines) is 1. The number of ether oxygens (including phenoxy) is 1. The van der Waals surface area contributed by atoms with Crippen LogP contribution in [0.4, 0.5) is 5.82 Å². The first-order chi connectivity index (χ1) is 16.9. The van der Waals surface area contributed by atoms with E-state index in [1.54, 1.807) is 42.6 Å². The van der Waals surface area contributed by atoms with Gasteiger partial charge in [-0.2, -0.15) is 0 Å². The third kappa shape index (κ3) is 6.64. The molecule has 0 radical (unpaired) electrons. The molecule has 2 aromatic carbocycles. The van der Waals surface area contributed by atoms with E-state index in [0.717, 1.165) is 37.1 Å². The number of halogens is 2. The fourth-order valence-electron chi connectivity index (χ4n) is 4.00. The van der Waals surface area contributed by atoms with Gasteiger partial charge in [-0.15, -0.1) is 0 Å². The molecule has 3 aromatic rings. The number of nitrogens with zero attached hydrogens (tertiary/aromatic N) is 2. The summed E-state index contributed by atoms with van der Waals surface area (Å²) in [6.07, 6.45) is 3.39. The van der Waals surface area contributed by atoms with Crippen LogP contribution in [-0.2, 0) is 6.61 Å². The zero-order valence-corrected chi connectivity index (χ0v) is 20.7. The molecule has 0 spiro atoms. The first-order valence-electron chi connectivity index (χ1n) is 11.5. The molecular formula is C26H28Cl2N4O3. The lowest BCUT2D eigenvalue weighted by atomic mass is 10.0. The zero-order chi connectivity index (χ0) is 24.8. The van der Waals surface area contributed by atoms with Crippen LogP contribution in [0.5, 0.6) is 5.75 Å². The largest absolute Gasteiger partial charge is 0.485 e. The van der Waals surface area contributed by atoms with Crippen LogP contribution in [0.15, 0.2) is 54.7 Å². The van der Waals surface area contributed by atoms with E-state index < -0.39 is 6.10 Å². The molecule has 1 aliphatic heterocycles. The van der Waals surface area contributed by atoms with Gasteiger partial charge in [-0.1, -0.05) is 41.4 Å². The summed E-state index contributed by atoms with van der Waals surface area (Å²) in [5.74, 6) is 0.431. The second-order valence-corrected chi connectivity index (χ2v) is 9.36. The van der Waals surface area contributed by atoms with Crippen molar-refractivity contribution in [1.29, 1.82) is 0 Å². The van der Waals surface area contributed by atoms with Gasteiger partial charge in [0.1, 0.15) is 6.61 Å². The molecule has 9 heteroatoms. The highest BCUT2D eigenvalue weighted by Gasteiger charge is 2.17. The molecule has 35 heavy (non-hydrogen) atoms. The Hall–Kier alpha value is -2.84. The summed E-state index contributed by atoms with van der Waals surface area (Å²) in [6.45, 7) is 2.96. The van der Waals surface area contributed by atoms with Gasteiger partial charge in [-0.25, -0.2) is 4.98 Å². The smallest absolute Gasteiger partial charge is 0.251 e. The molecule has 1 unspecified atom stereocenters. The first-order valence-corrected chi connectivity index (χ1v) is 12.3. The Morgan fingerprint density at radius 1 is 1.11 bits per heavy atom. The number of carbonyl (C=O) groups excluding carboxylic acids is 1. The molecule has 0 aliphatic carbocycles. The minimum absolute atomic E-state index is 0.149. The summed E-state index contributed by atoms with van der Waals surface area (Å²) < 4.78 is 5.86. The number of carbonyl (C=O) groups is 1. The number of amides is 1. The number of aromatic nitrogens is 1. The number of benzene rings is 2. The van der Waals surface area contributed by atoms with Gasteiger partial charge in [0.25, 0.3) is 5.91 Å². The zero-order valence-electron chi connectivity index (χ0n) is 19.2. The van der Waals surface area contributed by atoms with Gasteiger partial charge >= 0.3 is 0 Å². The van der Waals surface area contributed by atoms with E-state index >= 15 is 0 Å². The lowest BCUT2D eigenvalue weighted by Gasteiger charge is -2.19. The number of nitrogen functional groups attached to an aromatic ring is 1. The maximum absolute atomic E-state index is 12.5. The molecule has 1 aliphatic rings. The molecule has 0 saturated carbocycles. The Morgan fingerprint density at radius 3 is 2.49 bits per heavy atom. The minimum atomic E-state index is -0.587. The van der Waals surface area contributed by atoms with Crippen molar-refractivity contribution < 1.29 is 14.6 Å². The van der Waals surface area contributed by atoms with Crippen molar-refractivity contribution in [3.05, 3.63) is 75.9 Å². The van der Waals surface area contributed by atoms with Crippen molar-refractivity contribution >= 4 is 34.9 Å². The summed E-state index contributed by atoms with van der Waals surface area (Å²) >= 11 is 12.4. The normalized spacial score (nSPS) is 14.6. The fraction of sp³-hybridized carbons (Fsp3) is 0.308.